The van der Waals surface area contributed by atoms with Crippen LogP contribution in [0.1, 0.15) is 29.4 Å². The van der Waals surface area contributed by atoms with E-state index >= 15 is 0 Å². The zero-order valence-electron chi connectivity index (χ0n) is 14.1. The first kappa shape index (κ1) is 18.1. The number of nitrogens with zero attached hydrogens (tertiary/aromatic N) is 1. The number of amides is 1. The number of nitrogens with two attached hydrogens (primary N) is 1. The third-order valence-electron chi connectivity index (χ3n) is 4.73. The largest absolute Gasteiger partial charge is 0.333 e. The van der Waals surface area contributed by atoms with Crippen molar-refractivity contribution in [3.63, 3.8) is 0 Å². The van der Waals surface area contributed by atoms with E-state index in [-0.39, 0.29) is 21.1 Å². The lowest BCUT2D eigenvalue weighted by Gasteiger charge is -2.39. The minimum atomic E-state index is -3.59. The minimum Gasteiger partial charge on any atom is -0.333 e. The number of rotatable bonds is 4. The molecular formula is C18H22N2O3S2. The fourth-order valence-electron chi connectivity index (χ4n) is 3.30. The van der Waals surface area contributed by atoms with Gasteiger partial charge in [-0.1, -0.05) is 25.1 Å². The fourth-order valence-corrected chi connectivity index (χ4v) is 5.98. The van der Waals surface area contributed by atoms with Crippen LogP contribution < -0.4 is 5.73 Å². The summed E-state index contributed by atoms with van der Waals surface area (Å²) in [6, 6.07) is 11.4. The van der Waals surface area contributed by atoms with Crippen LogP contribution in [0.15, 0.2) is 51.6 Å². The molecule has 0 radical (unpaired) electrons. The van der Waals surface area contributed by atoms with E-state index in [0.29, 0.717) is 23.9 Å². The lowest BCUT2D eigenvalue weighted by molar-refractivity contribution is 0.0537. The van der Waals surface area contributed by atoms with Gasteiger partial charge in [0.15, 0.2) is 0 Å². The normalized spacial score (nSPS) is 21.3. The Hall–Kier alpha value is -1.70. The molecule has 0 spiro atoms. The highest BCUT2D eigenvalue weighted by Crippen LogP contribution is 2.30. The van der Waals surface area contributed by atoms with Gasteiger partial charge >= 0.3 is 0 Å². The van der Waals surface area contributed by atoms with E-state index in [1.807, 2.05) is 0 Å². The summed E-state index contributed by atoms with van der Waals surface area (Å²) in [4.78, 5) is 15.4. The van der Waals surface area contributed by atoms with Crippen molar-refractivity contribution in [2.75, 3.05) is 13.1 Å². The van der Waals surface area contributed by atoms with Gasteiger partial charge in [-0.15, -0.1) is 11.3 Å². The first-order valence-corrected chi connectivity index (χ1v) is 10.7. The summed E-state index contributed by atoms with van der Waals surface area (Å²) < 4.78 is 25.6. The van der Waals surface area contributed by atoms with Crippen LogP contribution in [0.25, 0.3) is 0 Å². The maximum atomic E-state index is 12.9. The standard InChI is InChI=1S/C18H22N2O3S2/c1-13-6-5-11-20(15(13)12-19)18(21)16-9-10-17(24-16)25(22,23)14-7-3-2-4-8-14/h2-4,7-10,13,15H,5-6,11-12,19H2,1H3/t13-,15+/m0/s1. The fraction of sp³-hybridized carbons (Fsp3) is 0.389. The smallest absolute Gasteiger partial charge is 0.264 e. The Morgan fingerprint density at radius 1 is 1.24 bits per heavy atom. The molecule has 2 N–H and O–H groups in total. The average molecular weight is 379 g/mol. The van der Waals surface area contributed by atoms with Crippen LogP contribution in [-0.2, 0) is 9.84 Å². The van der Waals surface area contributed by atoms with Gasteiger partial charge in [-0.05, 0) is 43.0 Å². The highest BCUT2D eigenvalue weighted by Gasteiger charge is 2.32. The van der Waals surface area contributed by atoms with E-state index in [9.17, 15) is 13.2 Å². The Balaban J connectivity index is 1.87. The van der Waals surface area contributed by atoms with Crippen LogP contribution in [0.4, 0.5) is 0 Å². The monoisotopic (exact) mass is 378 g/mol. The predicted octanol–water partition coefficient (Wildman–Crippen LogP) is 2.78. The minimum absolute atomic E-state index is 0.0116. The molecule has 1 aliphatic heterocycles. The predicted molar refractivity (Wildman–Crippen MR) is 98.5 cm³/mol. The van der Waals surface area contributed by atoms with Gasteiger partial charge in [0.2, 0.25) is 9.84 Å². The second-order valence-corrected chi connectivity index (χ2v) is 9.62. The molecule has 0 bridgehead atoms. The van der Waals surface area contributed by atoms with E-state index < -0.39 is 9.84 Å². The van der Waals surface area contributed by atoms with E-state index in [2.05, 4.69) is 6.92 Å². The summed E-state index contributed by atoms with van der Waals surface area (Å²) in [7, 11) is -3.59. The van der Waals surface area contributed by atoms with Crippen molar-refractivity contribution in [1.82, 2.24) is 4.90 Å². The molecule has 3 rings (SSSR count). The summed E-state index contributed by atoms with van der Waals surface area (Å²) in [6.45, 7) is 3.20. The Labute approximate surface area is 152 Å². The van der Waals surface area contributed by atoms with Crippen molar-refractivity contribution < 1.29 is 13.2 Å². The maximum Gasteiger partial charge on any atom is 0.264 e. The number of carbonyl (C=O) groups excluding carboxylic acids is 1. The van der Waals surface area contributed by atoms with Gasteiger partial charge in [-0.25, -0.2) is 8.42 Å². The molecule has 134 valence electrons. The number of carbonyl (C=O) groups is 1. The van der Waals surface area contributed by atoms with Crippen molar-refractivity contribution >= 4 is 27.1 Å². The lowest BCUT2D eigenvalue weighted by atomic mass is 9.90. The van der Waals surface area contributed by atoms with E-state index in [1.165, 1.54) is 6.07 Å². The molecule has 25 heavy (non-hydrogen) atoms. The lowest BCUT2D eigenvalue weighted by Crippen LogP contribution is -2.51. The number of thiophene rings is 1. The third-order valence-corrected chi connectivity index (χ3v) is 8.06. The van der Waals surface area contributed by atoms with Crippen molar-refractivity contribution in [1.29, 1.82) is 0 Å². The first-order valence-electron chi connectivity index (χ1n) is 8.36. The summed E-state index contributed by atoms with van der Waals surface area (Å²) in [5, 5.41) is 0. The van der Waals surface area contributed by atoms with Crippen molar-refractivity contribution in [2.24, 2.45) is 11.7 Å². The zero-order chi connectivity index (χ0) is 18.0. The van der Waals surface area contributed by atoms with Crippen molar-refractivity contribution in [3.05, 3.63) is 47.3 Å². The van der Waals surface area contributed by atoms with E-state index in [0.717, 1.165) is 24.2 Å². The number of piperidine rings is 1. The Morgan fingerprint density at radius 3 is 2.64 bits per heavy atom. The molecule has 2 heterocycles. The third kappa shape index (κ3) is 3.49. The van der Waals surface area contributed by atoms with Gasteiger partial charge in [0.25, 0.3) is 5.91 Å². The molecule has 1 aliphatic rings. The zero-order valence-corrected chi connectivity index (χ0v) is 15.7. The molecule has 1 aromatic heterocycles. The van der Waals surface area contributed by atoms with Crippen LogP contribution in [0.5, 0.6) is 0 Å². The molecule has 2 aromatic rings. The van der Waals surface area contributed by atoms with Crippen molar-refractivity contribution in [3.8, 4) is 0 Å². The summed E-state index contributed by atoms with van der Waals surface area (Å²) in [5.41, 5.74) is 5.86. The summed E-state index contributed by atoms with van der Waals surface area (Å²) in [5.74, 6) is 0.233. The number of hydrogen-bond donors (Lipinski definition) is 1. The van der Waals surface area contributed by atoms with Gasteiger partial charge in [-0.2, -0.15) is 0 Å². The quantitative estimate of drug-likeness (QED) is 0.887. The Morgan fingerprint density at radius 2 is 1.96 bits per heavy atom. The number of sulfone groups is 1. The molecule has 0 aliphatic carbocycles. The van der Waals surface area contributed by atoms with Crippen LogP contribution in [0.2, 0.25) is 0 Å². The van der Waals surface area contributed by atoms with Crippen molar-refractivity contribution in [2.45, 2.75) is 34.9 Å². The van der Waals surface area contributed by atoms with Crippen LogP contribution >= 0.6 is 11.3 Å². The first-order chi connectivity index (χ1) is 11.9. The van der Waals surface area contributed by atoms with Gasteiger partial charge < -0.3 is 10.6 Å². The second kappa shape index (κ2) is 7.27. The highest BCUT2D eigenvalue weighted by molar-refractivity contribution is 7.93. The molecule has 5 nitrogen and oxygen atoms in total. The number of benzene rings is 1. The highest BCUT2D eigenvalue weighted by atomic mass is 32.2. The Kier molecular flexibility index (Phi) is 5.27. The molecule has 0 unspecified atom stereocenters. The molecule has 2 atom stereocenters. The maximum absolute atomic E-state index is 12.9. The van der Waals surface area contributed by atoms with Gasteiger partial charge in [0.05, 0.1) is 9.77 Å². The molecule has 1 saturated heterocycles. The van der Waals surface area contributed by atoms with Gasteiger partial charge in [0, 0.05) is 19.1 Å². The second-order valence-electron chi connectivity index (χ2n) is 6.36. The molecule has 1 aromatic carbocycles. The number of likely N-dealkylation sites (tertiary alicyclic amines) is 1. The van der Waals surface area contributed by atoms with Crippen LogP contribution in [0, 0.1) is 5.92 Å². The van der Waals surface area contributed by atoms with E-state index in [1.54, 1.807) is 41.3 Å². The van der Waals surface area contributed by atoms with Crippen LogP contribution in [-0.4, -0.2) is 38.4 Å². The summed E-state index contributed by atoms with van der Waals surface area (Å²) in [6.07, 6.45) is 2.01. The molecule has 1 amide bonds. The van der Waals surface area contributed by atoms with Crippen LogP contribution in [0.3, 0.4) is 0 Å². The molecule has 0 saturated carbocycles. The molecule has 7 heteroatoms. The van der Waals surface area contributed by atoms with Gasteiger partial charge in [-0.3, -0.25) is 4.79 Å². The van der Waals surface area contributed by atoms with Gasteiger partial charge in [0.1, 0.15) is 4.21 Å². The average Bonchev–Trinajstić information content (AvgIpc) is 3.12. The SMILES string of the molecule is C[C@H]1CCCN(C(=O)c2ccc(S(=O)(=O)c3ccccc3)s2)[C@@H]1CN. The van der Waals surface area contributed by atoms with E-state index in [4.69, 9.17) is 5.73 Å². The topological polar surface area (TPSA) is 80.5 Å². The Bertz CT molecular complexity index is 846. The molecular weight excluding hydrogens is 356 g/mol. The number of hydrogen-bond acceptors (Lipinski definition) is 5. The summed E-state index contributed by atoms with van der Waals surface area (Å²) >= 11 is 1.03. The molecule has 1 fully saturated rings.